The molecule has 1 aliphatic heterocycles. The normalized spacial score (nSPS) is 17.3. The Hall–Kier alpha value is -1.91. The summed E-state index contributed by atoms with van der Waals surface area (Å²) in [5, 5.41) is 10.5. The van der Waals surface area contributed by atoms with Crippen LogP contribution in [0, 0.1) is 0 Å². The summed E-state index contributed by atoms with van der Waals surface area (Å²) in [6.07, 6.45) is 2.77. The lowest BCUT2D eigenvalue weighted by Gasteiger charge is -2.37. The SMILES string of the molecule is CC(C)(C)OC(O)N1CCC(Oc2cc(=O)n(-c3ccc(S(C)(=O)=O)cc3)cc2Cl)CC1. The Morgan fingerprint density at radius 2 is 1.75 bits per heavy atom. The van der Waals surface area contributed by atoms with Crippen LogP contribution in [0.2, 0.25) is 5.02 Å². The molecule has 1 atom stereocenters. The lowest BCUT2D eigenvalue weighted by molar-refractivity contribution is -0.244. The van der Waals surface area contributed by atoms with Gasteiger partial charge in [0.25, 0.3) is 5.56 Å². The minimum absolute atomic E-state index is 0.144. The van der Waals surface area contributed by atoms with Gasteiger partial charge in [0.1, 0.15) is 11.9 Å². The summed E-state index contributed by atoms with van der Waals surface area (Å²) in [4.78, 5) is 14.6. The molecule has 0 aliphatic carbocycles. The van der Waals surface area contributed by atoms with Crippen LogP contribution >= 0.6 is 11.6 Å². The maximum absolute atomic E-state index is 12.6. The highest BCUT2D eigenvalue weighted by Gasteiger charge is 2.28. The minimum atomic E-state index is -3.32. The molecule has 8 nitrogen and oxygen atoms in total. The Morgan fingerprint density at radius 3 is 2.28 bits per heavy atom. The Balaban J connectivity index is 1.67. The highest BCUT2D eigenvalue weighted by molar-refractivity contribution is 7.90. The van der Waals surface area contributed by atoms with Gasteiger partial charge in [-0.25, -0.2) is 8.42 Å². The molecule has 0 saturated carbocycles. The molecule has 0 amide bonds. The van der Waals surface area contributed by atoms with Crippen molar-refractivity contribution in [2.24, 2.45) is 0 Å². The first-order valence-electron chi connectivity index (χ1n) is 10.3. The lowest BCUT2D eigenvalue weighted by atomic mass is 10.1. The van der Waals surface area contributed by atoms with Crippen LogP contribution in [0.1, 0.15) is 33.6 Å². The van der Waals surface area contributed by atoms with E-state index in [0.29, 0.717) is 37.4 Å². The van der Waals surface area contributed by atoms with Crippen molar-refractivity contribution in [3.05, 3.63) is 51.9 Å². The Kier molecular flexibility index (Phi) is 7.36. The van der Waals surface area contributed by atoms with Gasteiger partial charge in [0.2, 0.25) is 6.41 Å². The summed E-state index contributed by atoms with van der Waals surface area (Å²) in [6, 6.07) is 7.32. The van der Waals surface area contributed by atoms with Gasteiger partial charge in [-0.05, 0) is 57.9 Å². The molecule has 1 aliphatic rings. The van der Waals surface area contributed by atoms with Crippen LogP contribution in [0.15, 0.2) is 46.2 Å². The van der Waals surface area contributed by atoms with Crippen molar-refractivity contribution < 1.29 is 23.0 Å². The van der Waals surface area contributed by atoms with E-state index in [1.807, 2.05) is 25.7 Å². The highest BCUT2D eigenvalue weighted by atomic mass is 35.5. The van der Waals surface area contributed by atoms with E-state index in [1.54, 1.807) is 12.1 Å². The molecular formula is C22H29ClN2O6S. The summed E-state index contributed by atoms with van der Waals surface area (Å²) < 4.78 is 36.2. The van der Waals surface area contributed by atoms with E-state index in [-0.39, 0.29) is 21.6 Å². The number of pyridine rings is 1. The highest BCUT2D eigenvalue weighted by Crippen LogP contribution is 2.27. The molecule has 176 valence electrons. The molecule has 1 fully saturated rings. The van der Waals surface area contributed by atoms with Crippen LogP contribution in [-0.2, 0) is 14.6 Å². The van der Waals surface area contributed by atoms with E-state index in [9.17, 15) is 18.3 Å². The summed E-state index contributed by atoms with van der Waals surface area (Å²) >= 11 is 6.38. The summed E-state index contributed by atoms with van der Waals surface area (Å²) in [5.74, 6) is 0.297. The zero-order chi connectivity index (χ0) is 23.7. The molecule has 3 rings (SSSR count). The van der Waals surface area contributed by atoms with Crippen LogP contribution < -0.4 is 10.3 Å². The van der Waals surface area contributed by atoms with Crippen molar-refractivity contribution in [2.75, 3.05) is 19.3 Å². The second-order valence-corrected chi connectivity index (χ2v) is 11.3. The Labute approximate surface area is 193 Å². The number of sulfone groups is 1. The number of ether oxygens (including phenoxy) is 2. The molecule has 1 N–H and O–H groups in total. The lowest BCUT2D eigenvalue weighted by Crippen LogP contribution is -2.47. The number of nitrogens with zero attached hydrogens (tertiary/aromatic N) is 2. The van der Waals surface area contributed by atoms with Crippen molar-refractivity contribution in [1.82, 2.24) is 9.47 Å². The van der Waals surface area contributed by atoms with Gasteiger partial charge in [-0.1, -0.05) is 11.6 Å². The van der Waals surface area contributed by atoms with Crippen molar-refractivity contribution in [2.45, 2.75) is 56.6 Å². The maximum Gasteiger partial charge on any atom is 0.258 e. The molecule has 0 spiro atoms. The van der Waals surface area contributed by atoms with E-state index < -0.39 is 21.9 Å². The number of rotatable bonds is 6. The van der Waals surface area contributed by atoms with Crippen LogP contribution in [-0.4, -0.2) is 60.5 Å². The molecular weight excluding hydrogens is 456 g/mol. The fourth-order valence-corrected chi connectivity index (χ4v) is 4.25. The molecule has 1 saturated heterocycles. The van der Waals surface area contributed by atoms with Crippen LogP contribution in [0.3, 0.4) is 0 Å². The number of piperidine rings is 1. The number of hydrogen-bond donors (Lipinski definition) is 1. The molecule has 32 heavy (non-hydrogen) atoms. The molecule has 1 unspecified atom stereocenters. The second kappa shape index (κ2) is 9.52. The van der Waals surface area contributed by atoms with Crippen LogP contribution in [0.25, 0.3) is 5.69 Å². The number of aliphatic hydroxyl groups is 1. The maximum atomic E-state index is 12.6. The summed E-state index contributed by atoms with van der Waals surface area (Å²) in [6.45, 7) is 6.83. The molecule has 1 aromatic heterocycles. The number of aliphatic hydroxyl groups excluding tert-OH is 1. The minimum Gasteiger partial charge on any atom is -0.489 e. The van der Waals surface area contributed by atoms with Crippen molar-refractivity contribution in [3.8, 4) is 11.4 Å². The monoisotopic (exact) mass is 484 g/mol. The topological polar surface area (TPSA) is 98.1 Å². The first-order valence-corrected chi connectivity index (χ1v) is 12.6. The first kappa shape index (κ1) is 24.7. The average Bonchev–Trinajstić information content (AvgIpc) is 2.69. The zero-order valence-corrected chi connectivity index (χ0v) is 20.2. The average molecular weight is 485 g/mol. The predicted octanol–water partition coefficient (Wildman–Crippen LogP) is 2.83. The van der Waals surface area contributed by atoms with Gasteiger partial charge < -0.3 is 14.6 Å². The van der Waals surface area contributed by atoms with Crippen LogP contribution in [0.5, 0.6) is 5.75 Å². The molecule has 0 radical (unpaired) electrons. The van der Waals surface area contributed by atoms with Gasteiger partial charge in [-0.15, -0.1) is 0 Å². The molecule has 2 aromatic rings. The smallest absolute Gasteiger partial charge is 0.258 e. The number of benzene rings is 1. The third kappa shape index (κ3) is 6.32. The first-order chi connectivity index (χ1) is 14.8. The van der Waals surface area contributed by atoms with Gasteiger partial charge in [-0.3, -0.25) is 14.3 Å². The van der Waals surface area contributed by atoms with Gasteiger partial charge in [0.15, 0.2) is 9.84 Å². The van der Waals surface area contributed by atoms with Gasteiger partial charge in [0, 0.05) is 37.3 Å². The predicted molar refractivity (Wildman–Crippen MR) is 122 cm³/mol. The molecule has 2 heterocycles. The van der Waals surface area contributed by atoms with Crippen LogP contribution in [0.4, 0.5) is 0 Å². The zero-order valence-electron chi connectivity index (χ0n) is 18.6. The number of aromatic nitrogens is 1. The van der Waals surface area contributed by atoms with Crippen molar-refractivity contribution in [3.63, 3.8) is 0 Å². The number of halogens is 1. The third-order valence-electron chi connectivity index (χ3n) is 5.05. The second-order valence-electron chi connectivity index (χ2n) is 8.87. The van der Waals surface area contributed by atoms with E-state index >= 15 is 0 Å². The van der Waals surface area contributed by atoms with E-state index in [4.69, 9.17) is 21.1 Å². The number of likely N-dealkylation sites (tertiary alicyclic amines) is 1. The molecule has 0 bridgehead atoms. The Morgan fingerprint density at radius 1 is 1.16 bits per heavy atom. The Bertz CT molecular complexity index is 1100. The standard InChI is InChI=1S/C22H29ClN2O6S/c1-22(2,3)31-21(27)24-11-9-16(10-12-24)30-19-13-20(26)25(14-18(19)23)15-5-7-17(8-6-15)32(4,28)29/h5-8,13-14,16,21,27H,9-12H2,1-4H3. The third-order valence-corrected chi connectivity index (χ3v) is 6.47. The fraction of sp³-hybridized carbons (Fsp3) is 0.500. The van der Waals surface area contributed by atoms with Crippen molar-refractivity contribution >= 4 is 21.4 Å². The van der Waals surface area contributed by atoms with Gasteiger partial charge in [0.05, 0.1) is 15.5 Å². The fourth-order valence-electron chi connectivity index (χ4n) is 3.42. The van der Waals surface area contributed by atoms with Gasteiger partial charge in [-0.2, -0.15) is 0 Å². The van der Waals surface area contributed by atoms with E-state index in [0.717, 1.165) is 6.26 Å². The molecule has 10 heteroatoms. The van der Waals surface area contributed by atoms with Gasteiger partial charge >= 0.3 is 0 Å². The molecule has 1 aromatic carbocycles. The summed E-state index contributed by atoms with van der Waals surface area (Å²) in [5.41, 5.74) is -0.296. The van der Waals surface area contributed by atoms with Crippen molar-refractivity contribution in [1.29, 1.82) is 0 Å². The number of hydrogen-bond acceptors (Lipinski definition) is 7. The largest absolute Gasteiger partial charge is 0.489 e. The van der Waals surface area contributed by atoms with E-state index in [2.05, 4.69) is 0 Å². The quantitative estimate of drug-likeness (QED) is 0.629. The summed E-state index contributed by atoms with van der Waals surface area (Å²) in [7, 11) is -3.32. The van der Waals surface area contributed by atoms with E-state index in [1.165, 1.54) is 29.0 Å².